The highest BCUT2D eigenvalue weighted by Crippen LogP contribution is 2.30. The van der Waals surface area contributed by atoms with Gasteiger partial charge in [0.2, 0.25) is 0 Å². The first-order valence-electron chi connectivity index (χ1n) is 8.13. The van der Waals surface area contributed by atoms with Crippen molar-refractivity contribution in [1.29, 1.82) is 0 Å². The van der Waals surface area contributed by atoms with Gasteiger partial charge < -0.3 is 20.1 Å². The molecule has 0 bridgehead atoms. The molecule has 0 aliphatic carbocycles. The zero-order valence-electron chi connectivity index (χ0n) is 15.3. The first kappa shape index (κ1) is 20.6. The summed E-state index contributed by atoms with van der Waals surface area (Å²) in [6, 6.07) is 7.55. The SMILES string of the molecule is CC(C)(C)OC(=O)c1c(C(=O)O)cccc1-c1ccc(C(=O)O)c(C(=O)O)c1. The van der Waals surface area contributed by atoms with Crippen LogP contribution in [-0.2, 0) is 4.74 Å². The summed E-state index contributed by atoms with van der Waals surface area (Å²) in [4.78, 5) is 47.0. The maximum absolute atomic E-state index is 12.7. The minimum absolute atomic E-state index is 0.119. The summed E-state index contributed by atoms with van der Waals surface area (Å²) in [5, 5.41) is 27.9. The number of esters is 1. The lowest BCUT2D eigenvalue weighted by molar-refractivity contribution is 0.00664. The number of carbonyl (C=O) groups excluding carboxylic acids is 1. The van der Waals surface area contributed by atoms with Gasteiger partial charge in [-0.1, -0.05) is 18.2 Å². The third kappa shape index (κ3) is 4.35. The Morgan fingerprint density at radius 2 is 1.36 bits per heavy atom. The maximum atomic E-state index is 12.7. The van der Waals surface area contributed by atoms with Gasteiger partial charge in [0, 0.05) is 0 Å². The highest BCUT2D eigenvalue weighted by atomic mass is 16.6. The molecule has 0 radical (unpaired) electrons. The summed E-state index contributed by atoms with van der Waals surface area (Å²) in [5.74, 6) is -5.13. The Hall–Kier alpha value is -3.68. The molecule has 0 spiro atoms. The van der Waals surface area contributed by atoms with Gasteiger partial charge in [0.05, 0.1) is 22.3 Å². The fourth-order valence-electron chi connectivity index (χ4n) is 2.60. The standard InChI is InChI=1S/C20H18O8/c1-20(2,3)28-19(27)15-11(5-4-6-13(15)17(23)24)10-7-8-12(16(21)22)14(9-10)18(25)26/h4-9H,1-3H3,(H,21,22)(H,23,24)(H,25,26). The maximum Gasteiger partial charge on any atom is 0.340 e. The zero-order chi connectivity index (χ0) is 21.2. The molecule has 8 nitrogen and oxygen atoms in total. The Labute approximate surface area is 160 Å². The predicted molar refractivity (Wildman–Crippen MR) is 97.9 cm³/mol. The molecular formula is C20H18O8. The van der Waals surface area contributed by atoms with Crippen LogP contribution in [0.2, 0.25) is 0 Å². The molecule has 0 fully saturated rings. The van der Waals surface area contributed by atoms with Crippen molar-refractivity contribution >= 4 is 23.9 Å². The van der Waals surface area contributed by atoms with Crippen LogP contribution in [0.15, 0.2) is 36.4 Å². The third-order valence-corrected chi connectivity index (χ3v) is 3.69. The van der Waals surface area contributed by atoms with Crippen molar-refractivity contribution in [3.05, 3.63) is 58.7 Å². The van der Waals surface area contributed by atoms with Gasteiger partial charge in [0.1, 0.15) is 5.60 Å². The Morgan fingerprint density at radius 3 is 1.86 bits per heavy atom. The number of hydrogen-bond donors (Lipinski definition) is 3. The van der Waals surface area contributed by atoms with Gasteiger partial charge in [-0.05, 0) is 50.1 Å². The minimum atomic E-state index is -1.47. The number of carboxylic acid groups (broad SMARTS) is 3. The average molecular weight is 386 g/mol. The van der Waals surface area contributed by atoms with Gasteiger partial charge in [0.15, 0.2) is 0 Å². The molecule has 3 N–H and O–H groups in total. The molecule has 0 aromatic heterocycles. The van der Waals surface area contributed by atoms with E-state index in [2.05, 4.69) is 0 Å². The van der Waals surface area contributed by atoms with Crippen molar-refractivity contribution < 1.29 is 39.2 Å². The molecule has 2 rings (SSSR count). The number of aromatic carboxylic acids is 3. The second kappa shape index (κ2) is 7.51. The van der Waals surface area contributed by atoms with Gasteiger partial charge in [0.25, 0.3) is 0 Å². The van der Waals surface area contributed by atoms with Gasteiger partial charge in [-0.15, -0.1) is 0 Å². The van der Waals surface area contributed by atoms with Crippen LogP contribution in [0.4, 0.5) is 0 Å². The lowest BCUT2D eigenvalue weighted by Gasteiger charge is -2.21. The Bertz CT molecular complexity index is 982. The summed E-state index contributed by atoms with van der Waals surface area (Å²) < 4.78 is 5.30. The Balaban J connectivity index is 2.76. The van der Waals surface area contributed by atoms with E-state index in [1.54, 1.807) is 20.8 Å². The van der Waals surface area contributed by atoms with E-state index in [-0.39, 0.29) is 22.3 Å². The molecular weight excluding hydrogens is 368 g/mol. The molecule has 0 aliphatic rings. The fraction of sp³-hybridized carbons (Fsp3) is 0.200. The van der Waals surface area contributed by atoms with Crippen LogP contribution in [0.25, 0.3) is 11.1 Å². The number of rotatable bonds is 5. The fourth-order valence-corrected chi connectivity index (χ4v) is 2.60. The van der Waals surface area contributed by atoms with Crippen LogP contribution in [0.1, 0.15) is 62.2 Å². The van der Waals surface area contributed by atoms with E-state index in [1.807, 2.05) is 0 Å². The van der Waals surface area contributed by atoms with Gasteiger partial charge in [-0.2, -0.15) is 0 Å². The van der Waals surface area contributed by atoms with E-state index in [4.69, 9.17) is 9.84 Å². The normalized spacial score (nSPS) is 11.0. The number of benzene rings is 2. The van der Waals surface area contributed by atoms with Gasteiger partial charge in [-0.3, -0.25) is 0 Å². The van der Waals surface area contributed by atoms with Crippen molar-refractivity contribution in [2.45, 2.75) is 26.4 Å². The van der Waals surface area contributed by atoms with Crippen molar-refractivity contribution in [1.82, 2.24) is 0 Å². The molecule has 0 aliphatic heterocycles. The van der Waals surface area contributed by atoms with Crippen LogP contribution < -0.4 is 0 Å². The topological polar surface area (TPSA) is 138 Å². The highest BCUT2D eigenvalue weighted by molar-refractivity contribution is 6.08. The minimum Gasteiger partial charge on any atom is -0.478 e. The zero-order valence-corrected chi connectivity index (χ0v) is 15.3. The van der Waals surface area contributed by atoms with Crippen molar-refractivity contribution in [3.63, 3.8) is 0 Å². The number of ether oxygens (including phenoxy) is 1. The van der Waals surface area contributed by atoms with Gasteiger partial charge >= 0.3 is 23.9 Å². The molecule has 2 aromatic carbocycles. The second-order valence-electron chi connectivity index (χ2n) is 6.91. The summed E-state index contributed by atoms with van der Waals surface area (Å²) in [6.07, 6.45) is 0. The van der Waals surface area contributed by atoms with Crippen molar-refractivity contribution in [2.24, 2.45) is 0 Å². The van der Waals surface area contributed by atoms with Crippen LogP contribution in [0, 0.1) is 0 Å². The molecule has 28 heavy (non-hydrogen) atoms. The molecule has 0 unspecified atom stereocenters. The molecule has 0 saturated carbocycles. The van der Waals surface area contributed by atoms with Crippen molar-refractivity contribution in [3.8, 4) is 11.1 Å². The van der Waals surface area contributed by atoms with E-state index < -0.39 is 40.6 Å². The molecule has 0 heterocycles. The monoisotopic (exact) mass is 386 g/mol. The van der Waals surface area contributed by atoms with E-state index in [9.17, 15) is 29.4 Å². The lowest BCUT2D eigenvalue weighted by atomic mass is 9.92. The molecule has 0 saturated heterocycles. The summed E-state index contributed by atoms with van der Waals surface area (Å²) in [6.45, 7) is 4.87. The summed E-state index contributed by atoms with van der Waals surface area (Å²) >= 11 is 0. The molecule has 0 atom stereocenters. The second-order valence-corrected chi connectivity index (χ2v) is 6.91. The van der Waals surface area contributed by atoms with Crippen LogP contribution in [0.5, 0.6) is 0 Å². The highest BCUT2D eigenvalue weighted by Gasteiger charge is 2.27. The molecule has 2 aromatic rings. The largest absolute Gasteiger partial charge is 0.478 e. The lowest BCUT2D eigenvalue weighted by Crippen LogP contribution is -2.25. The van der Waals surface area contributed by atoms with E-state index >= 15 is 0 Å². The molecule has 0 amide bonds. The van der Waals surface area contributed by atoms with Crippen molar-refractivity contribution in [2.75, 3.05) is 0 Å². The Morgan fingerprint density at radius 1 is 0.786 bits per heavy atom. The number of hydrogen-bond acceptors (Lipinski definition) is 5. The van der Waals surface area contributed by atoms with E-state index in [0.717, 1.165) is 12.1 Å². The predicted octanol–water partition coefficient (Wildman–Crippen LogP) is 3.40. The molecule has 8 heteroatoms. The van der Waals surface area contributed by atoms with Crippen LogP contribution in [0.3, 0.4) is 0 Å². The van der Waals surface area contributed by atoms with E-state index in [1.165, 1.54) is 24.3 Å². The third-order valence-electron chi connectivity index (χ3n) is 3.69. The number of carbonyl (C=O) groups is 4. The first-order chi connectivity index (χ1) is 12.9. The number of carboxylic acids is 3. The first-order valence-corrected chi connectivity index (χ1v) is 8.13. The molecule has 146 valence electrons. The smallest absolute Gasteiger partial charge is 0.340 e. The van der Waals surface area contributed by atoms with Gasteiger partial charge in [-0.25, -0.2) is 19.2 Å². The van der Waals surface area contributed by atoms with E-state index in [0.29, 0.717) is 0 Å². The quantitative estimate of drug-likeness (QED) is 0.665. The summed E-state index contributed by atoms with van der Waals surface area (Å²) in [7, 11) is 0. The van der Waals surface area contributed by atoms with Crippen LogP contribution in [-0.4, -0.2) is 44.8 Å². The van der Waals surface area contributed by atoms with Crippen LogP contribution >= 0.6 is 0 Å². The Kier molecular flexibility index (Phi) is 5.54. The summed E-state index contributed by atoms with van der Waals surface area (Å²) in [5.41, 5.74) is -2.07. The average Bonchev–Trinajstić information content (AvgIpc) is 2.58.